The number of unbranched alkanes of at least 4 members (excludes halogenated alkanes) is 11. The Hall–Kier alpha value is -1.52. The van der Waals surface area contributed by atoms with Gasteiger partial charge < -0.3 is 14.8 Å². The van der Waals surface area contributed by atoms with Crippen LogP contribution in [0.1, 0.15) is 104 Å². The predicted molar refractivity (Wildman–Crippen MR) is 115 cm³/mol. The first kappa shape index (κ1) is 26.5. The summed E-state index contributed by atoms with van der Waals surface area (Å²) in [5.74, 6) is 0.0186. The van der Waals surface area contributed by atoms with Crippen LogP contribution in [0.5, 0.6) is 0 Å². The first-order valence-electron chi connectivity index (χ1n) is 11.4. The van der Waals surface area contributed by atoms with E-state index in [1.165, 1.54) is 70.6 Å². The Morgan fingerprint density at radius 1 is 0.750 bits per heavy atom. The molecule has 0 aliphatic heterocycles. The lowest BCUT2D eigenvalue weighted by molar-refractivity contribution is -0.121. The number of allylic oxidation sites excluding steroid dienone is 2. The summed E-state index contributed by atoms with van der Waals surface area (Å²) in [5, 5.41) is 2.75. The number of hydrogen-bond donors (Lipinski definition) is 1. The molecule has 164 valence electrons. The fourth-order valence-corrected chi connectivity index (χ4v) is 2.93. The molecule has 1 amide bonds. The lowest BCUT2D eigenvalue weighted by Gasteiger charge is -2.06. The van der Waals surface area contributed by atoms with E-state index in [1.54, 1.807) is 6.92 Å². The van der Waals surface area contributed by atoms with E-state index in [9.17, 15) is 9.59 Å². The third-order valence-electron chi connectivity index (χ3n) is 4.57. The monoisotopic (exact) mass is 397 g/mol. The quantitative estimate of drug-likeness (QED) is 0.157. The molecule has 0 fully saturated rings. The summed E-state index contributed by atoms with van der Waals surface area (Å²) in [5.41, 5.74) is 0. The zero-order valence-corrected chi connectivity index (χ0v) is 18.3. The highest BCUT2D eigenvalue weighted by atomic mass is 16.7. The molecule has 1 N–H and O–H groups in total. The van der Waals surface area contributed by atoms with Gasteiger partial charge in [0.1, 0.15) is 6.61 Å². The van der Waals surface area contributed by atoms with E-state index in [0.29, 0.717) is 19.6 Å². The number of amides is 1. The van der Waals surface area contributed by atoms with Gasteiger partial charge in [0.15, 0.2) is 0 Å². The van der Waals surface area contributed by atoms with Gasteiger partial charge in [-0.15, -0.1) is 0 Å². The second kappa shape index (κ2) is 21.8. The third-order valence-corrected chi connectivity index (χ3v) is 4.57. The minimum atomic E-state index is -0.686. The second-order valence-corrected chi connectivity index (χ2v) is 7.22. The third kappa shape index (κ3) is 20.8. The van der Waals surface area contributed by atoms with Gasteiger partial charge in [-0.3, -0.25) is 4.79 Å². The highest BCUT2D eigenvalue weighted by Gasteiger charge is 2.03. The number of rotatable bonds is 19. The summed E-state index contributed by atoms with van der Waals surface area (Å²) in [6.07, 6.45) is 20.8. The van der Waals surface area contributed by atoms with E-state index >= 15 is 0 Å². The lowest BCUT2D eigenvalue weighted by Crippen LogP contribution is -2.27. The van der Waals surface area contributed by atoms with Gasteiger partial charge >= 0.3 is 6.16 Å². The Morgan fingerprint density at radius 2 is 1.32 bits per heavy atom. The van der Waals surface area contributed by atoms with Gasteiger partial charge in [-0.25, -0.2) is 4.79 Å². The molecule has 5 nitrogen and oxygen atoms in total. The number of carbonyl (C=O) groups excluding carboxylic acids is 2. The average molecular weight is 398 g/mol. The molecule has 0 atom stereocenters. The van der Waals surface area contributed by atoms with Crippen molar-refractivity contribution in [3.63, 3.8) is 0 Å². The SMILES string of the molecule is CCCCCCCCC=CCCCCCCCC(=O)NCCOC(=O)OCC. The van der Waals surface area contributed by atoms with Crippen LogP contribution in [0.3, 0.4) is 0 Å². The zero-order valence-electron chi connectivity index (χ0n) is 18.3. The number of ether oxygens (including phenoxy) is 2. The van der Waals surface area contributed by atoms with E-state index in [0.717, 1.165) is 12.8 Å². The van der Waals surface area contributed by atoms with Crippen molar-refractivity contribution < 1.29 is 19.1 Å². The van der Waals surface area contributed by atoms with Crippen LogP contribution in [0.2, 0.25) is 0 Å². The molecule has 5 heteroatoms. The van der Waals surface area contributed by atoms with Crippen molar-refractivity contribution in [2.75, 3.05) is 19.8 Å². The van der Waals surface area contributed by atoms with Gasteiger partial charge in [0.2, 0.25) is 5.91 Å². The molecule has 0 aromatic carbocycles. The normalized spacial score (nSPS) is 10.9. The van der Waals surface area contributed by atoms with E-state index in [4.69, 9.17) is 4.74 Å². The van der Waals surface area contributed by atoms with Crippen LogP contribution in [-0.4, -0.2) is 31.8 Å². The van der Waals surface area contributed by atoms with Gasteiger partial charge in [-0.05, 0) is 39.0 Å². The Bertz CT molecular complexity index is 396. The lowest BCUT2D eigenvalue weighted by atomic mass is 10.1. The first-order valence-corrected chi connectivity index (χ1v) is 11.4. The maximum atomic E-state index is 11.7. The van der Waals surface area contributed by atoms with Gasteiger partial charge in [-0.1, -0.05) is 70.4 Å². The molecule has 0 aromatic rings. The fraction of sp³-hybridized carbons (Fsp3) is 0.826. The molecule has 0 aliphatic carbocycles. The van der Waals surface area contributed by atoms with Crippen molar-refractivity contribution in [3.8, 4) is 0 Å². The van der Waals surface area contributed by atoms with E-state index in [-0.39, 0.29) is 12.5 Å². The summed E-state index contributed by atoms with van der Waals surface area (Å²) < 4.78 is 9.41. The van der Waals surface area contributed by atoms with Crippen molar-refractivity contribution >= 4 is 12.1 Å². The molecule has 0 rings (SSSR count). The minimum absolute atomic E-state index is 0.0186. The molecular weight excluding hydrogens is 354 g/mol. The van der Waals surface area contributed by atoms with Crippen molar-refractivity contribution in [2.24, 2.45) is 0 Å². The number of nitrogens with one attached hydrogen (secondary N) is 1. The van der Waals surface area contributed by atoms with Crippen LogP contribution in [0.15, 0.2) is 12.2 Å². The Labute approximate surface area is 172 Å². The van der Waals surface area contributed by atoms with Crippen LogP contribution < -0.4 is 5.32 Å². The maximum absolute atomic E-state index is 11.7. The van der Waals surface area contributed by atoms with Gasteiger partial charge in [0.25, 0.3) is 0 Å². The molecular formula is C23H43NO4. The molecule has 0 radical (unpaired) electrons. The second-order valence-electron chi connectivity index (χ2n) is 7.22. The van der Waals surface area contributed by atoms with E-state index in [2.05, 4.69) is 29.1 Å². The minimum Gasteiger partial charge on any atom is -0.435 e. The van der Waals surface area contributed by atoms with Crippen molar-refractivity contribution in [3.05, 3.63) is 12.2 Å². The molecule has 0 unspecified atom stereocenters. The van der Waals surface area contributed by atoms with Crippen LogP contribution in [0, 0.1) is 0 Å². The summed E-state index contributed by atoms with van der Waals surface area (Å²) in [6, 6.07) is 0. The standard InChI is InChI=1S/C23H43NO4/c1-3-5-6-7-8-9-10-11-12-13-14-15-16-17-18-19-22(25)24-20-21-28-23(26)27-4-2/h11-12H,3-10,13-21H2,1-2H3,(H,24,25). The molecule has 0 saturated carbocycles. The summed E-state index contributed by atoms with van der Waals surface area (Å²) in [7, 11) is 0. The van der Waals surface area contributed by atoms with E-state index < -0.39 is 6.16 Å². The molecule has 0 saturated heterocycles. The number of hydrogen-bond acceptors (Lipinski definition) is 4. The van der Waals surface area contributed by atoms with Gasteiger partial charge in [-0.2, -0.15) is 0 Å². The van der Waals surface area contributed by atoms with Crippen LogP contribution >= 0.6 is 0 Å². The van der Waals surface area contributed by atoms with Crippen LogP contribution in [-0.2, 0) is 14.3 Å². The highest BCUT2D eigenvalue weighted by molar-refractivity contribution is 5.75. The van der Waals surface area contributed by atoms with Crippen molar-refractivity contribution in [2.45, 2.75) is 104 Å². The fourth-order valence-electron chi connectivity index (χ4n) is 2.93. The van der Waals surface area contributed by atoms with Crippen LogP contribution in [0.4, 0.5) is 4.79 Å². The molecule has 0 bridgehead atoms. The topological polar surface area (TPSA) is 64.6 Å². The Balaban J connectivity index is 3.26. The van der Waals surface area contributed by atoms with Crippen LogP contribution in [0.25, 0.3) is 0 Å². The Kier molecular flexibility index (Phi) is 20.6. The van der Waals surface area contributed by atoms with Gasteiger partial charge in [0, 0.05) is 6.42 Å². The van der Waals surface area contributed by atoms with E-state index in [1.807, 2.05) is 0 Å². The average Bonchev–Trinajstić information content (AvgIpc) is 2.68. The zero-order chi connectivity index (χ0) is 20.7. The molecule has 0 aliphatic rings. The predicted octanol–water partition coefficient (Wildman–Crippen LogP) is 6.31. The molecule has 0 aromatic heterocycles. The molecule has 28 heavy (non-hydrogen) atoms. The van der Waals surface area contributed by atoms with Crippen molar-refractivity contribution in [1.82, 2.24) is 5.32 Å². The molecule has 0 spiro atoms. The molecule has 0 heterocycles. The summed E-state index contributed by atoms with van der Waals surface area (Å²) in [4.78, 5) is 22.6. The summed E-state index contributed by atoms with van der Waals surface area (Å²) >= 11 is 0. The van der Waals surface area contributed by atoms with Crippen molar-refractivity contribution in [1.29, 1.82) is 0 Å². The largest absolute Gasteiger partial charge is 0.508 e. The smallest absolute Gasteiger partial charge is 0.435 e. The number of carbonyl (C=O) groups is 2. The first-order chi connectivity index (χ1) is 13.7. The summed E-state index contributed by atoms with van der Waals surface area (Å²) in [6.45, 7) is 4.76. The van der Waals surface area contributed by atoms with Gasteiger partial charge in [0.05, 0.1) is 13.2 Å². The maximum Gasteiger partial charge on any atom is 0.508 e. The Morgan fingerprint density at radius 3 is 1.93 bits per heavy atom. The highest BCUT2D eigenvalue weighted by Crippen LogP contribution is 2.09.